The van der Waals surface area contributed by atoms with Crippen LogP contribution >= 0.6 is 11.6 Å². The first-order chi connectivity index (χ1) is 12.4. The first-order valence-corrected chi connectivity index (χ1v) is 8.90. The highest BCUT2D eigenvalue weighted by Crippen LogP contribution is 2.27. The lowest BCUT2D eigenvalue weighted by Crippen LogP contribution is -2.14. The molecule has 0 aromatic carbocycles. The van der Waals surface area contributed by atoms with E-state index in [9.17, 15) is 0 Å². The second-order valence-electron chi connectivity index (χ2n) is 6.08. The number of aryl methyl sites for hydroxylation is 1. The third-order valence-electron chi connectivity index (χ3n) is 4.14. The number of nitrogens with one attached hydrogen (secondary N) is 2. The number of nitrogens with zero attached hydrogens (tertiary/aromatic N) is 3. The van der Waals surface area contributed by atoms with Crippen molar-refractivity contribution >= 4 is 29.1 Å². The van der Waals surface area contributed by atoms with Crippen LogP contribution in [0.2, 0.25) is 5.15 Å². The summed E-state index contributed by atoms with van der Waals surface area (Å²) >= 11 is 6.24. The number of hydrogen-bond acceptors (Lipinski definition) is 7. The summed E-state index contributed by atoms with van der Waals surface area (Å²) in [6, 6.07) is 0. The quantitative estimate of drug-likeness (QED) is 0.476. The van der Waals surface area contributed by atoms with Gasteiger partial charge < -0.3 is 21.2 Å². The molecule has 4 N–H and O–H groups in total. The van der Waals surface area contributed by atoms with Crippen molar-refractivity contribution in [3.8, 4) is 5.75 Å². The molecule has 0 aliphatic carbocycles. The predicted molar refractivity (Wildman–Crippen MR) is 105 cm³/mol. The highest BCUT2D eigenvalue weighted by Gasteiger charge is 2.17. The maximum Gasteiger partial charge on any atom is 0.223 e. The van der Waals surface area contributed by atoms with Crippen LogP contribution < -0.4 is 15.8 Å². The average molecular weight is 377 g/mol. The van der Waals surface area contributed by atoms with E-state index in [0.717, 1.165) is 35.4 Å². The van der Waals surface area contributed by atoms with Gasteiger partial charge in [-0.15, -0.1) is 0 Å². The second kappa shape index (κ2) is 8.80. The highest BCUT2D eigenvalue weighted by atomic mass is 35.5. The molecule has 2 aromatic heterocycles. The molecule has 0 fully saturated rings. The highest BCUT2D eigenvalue weighted by molar-refractivity contribution is 6.33. The molecule has 8 heteroatoms. The van der Waals surface area contributed by atoms with Crippen molar-refractivity contribution in [2.75, 3.05) is 18.2 Å². The molecule has 0 radical (unpaired) electrons. The Labute approximate surface area is 158 Å². The third-order valence-corrected chi connectivity index (χ3v) is 4.41. The molecule has 0 bridgehead atoms. The van der Waals surface area contributed by atoms with Crippen LogP contribution in [-0.2, 0) is 6.54 Å². The summed E-state index contributed by atoms with van der Waals surface area (Å²) in [6.45, 7) is 6.39. The van der Waals surface area contributed by atoms with Gasteiger partial charge in [-0.1, -0.05) is 24.9 Å². The molecule has 0 aliphatic rings. The number of ether oxygens (including phenoxy) is 1. The summed E-state index contributed by atoms with van der Waals surface area (Å²) in [6.07, 6.45) is 4.27. The van der Waals surface area contributed by atoms with E-state index < -0.39 is 0 Å². The van der Waals surface area contributed by atoms with Gasteiger partial charge in [0.2, 0.25) is 5.95 Å². The summed E-state index contributed by atoms with van der Waals surface area (Å²) in [4.78, 5) is 12.7. The van der Waals surface area contributed by atoms with Crippen molar-refractivity contribution in [3.63, 3.8) is 0 Å². The van der Waals surface area contributed by atoms with Crippen molar-refractivity contribution < 1.29 is 4.74 Å². The molecule has 2 rings (SSSR count). The topological polar surface area (TPSA) is 110 Å². The number of rotatable bonds is 8. The fourth-order valence-corrected chi connectivity index (χ4v) is 3.03. The molecule has 7 nitrogen and oxygen atoms in total. The molecule has 0 saturated heterocycles. The Kier molecular flexibility index (Phi) is 6.74. The standard InChI is InChI=1S/C18H25ClN6O/c1-5-6-7-12(20)14-16(19)24-18(21)25-17(14)23-9-13-11(3)15(26-4)10(2)8-22-13/h8,20H,5-7,9H2,1-4H3,(H3,21,23,24,25). The summed E-state index contributed by atoms with van der Waals surface area (Å²) < 4.78 is 5.44. The number of hydrogen-bond donors (Lipinski definition) is 3. The van der Waals surface area contributed by atoms with Gasteiger partial charge in [-0.3, -0.25) is 4.98 Å². The van der Waals surface area contributed by atoms with E-state index in [1.807, 2.05) is 13.8 Å². The summed E-state index contributed by atoms with van der Waals surface area (Å²) in [5.41, 5.74) is 9.38. The minimum absolute atomic E-state index is 0.0655. The smallest absolute Gasteiger partial charge is 0.223 e. The zero-order valence-electron chi connectivity index (χ0n) is 15.6. The molecule has 26 heavy (non-hydrogen) atoms. The number of methoxy groups -OCH3 is 1. The van der Waals surface area contributed by atoms with Gasteiger partial charge in [0.25, 0.3) is 0 Å². The fourth-order valence-electron chi connectivity index (χ4n) is 2.74. The summed E-state index contributed by atoms with van der Waals surface area (Å²) in [5.74, 6) is 1.33. The van der Waals surface area contributed by atoms with E-state index in [0.29, 0.717) is 30.1 Å². The van der Waals surface area contributed by atoms with E-state index in [1.54, 1.807) is 13.3 Å². The van der Waals surface area contributed by atoms with Gasteiger partial charge in [0, 0.05) is 23.0 Å². The molecular formula is C18H25ClN6O. The van der Waals surface area contributed by atoms with Crippen LogP contribution in [0, 0.1) is 19.3 Å². The van der Waals surface area contributed by atoms with Gasteiger partial charge in [0.1, 0.15) is 16.7 Å². The molecule has 0 unspecified atom stereocenters. The third kappa shape index (κ3) is 4.40. The molecule has 2 aromatic rings. The Balaban J connectivity index is 2.31. The minimum atomic E-state index is 0.0655. The minimum Gasteiger partial charge on any atom is -0.496 e. The largest absolute Gasteiger partial charge is 0.496 e. The van der Waals surface area contributed by atoms with E-state index in [4.69, 9.17) is 27.5 Å². The Morgan fingerprint density at radius 2 is 2.08 bits per heavy atom. The van der Waals surface area contributed by atoms with E-state index in [-0.39, 0.29) is 11.1 Å². The maximum absolute atomic E-state index is 8.32. The zero-order valence-corrected chi connectivity index (χ0v) is 16.4. The Bertz CT molecular complexity index is 809. The van der Waals surface area contributed by atoms with Crippen LogP contribution in [0.5, 0.6) is 5.75 Å². The number of nitrogens with two attached hydrogens (primary N) is 1. The molecular weight excluding hydrogens is 352 g/mol. The van der Waals surface area contributed by atoms with Gasteiger partial charge >= 0.3 is 0 Å². The molecule has 0 amide bonds. The van der Waals surface area contributed by atoms with E-state index in [2.05, 4.69) is 27.2 Å². The summed E-state index contributed by atoms with van der Waals surface area (Å²) in [5, 5.41) is 11.7. The van der Waals surface area contributed by atoms with Crippen molar-refractivity contribution in [3.05, 3.63) is 33.7 Å². The number of anilines is 2. The zero-order chi connectivity index (χ0) is 19.3. The number of unbranched alkanes of at least 4 members (excludes halogenated alkanes) is 1. The van der Waals surface area contributed by atoms with Crippen LogP contribution in [0.4, 0.5) is 11.8 Å². The number of nitrogen functional groups attached to an aromatic ring is 1. The van der Waals surface area contributed by atoms with Gasteiger partial charge in [-0.05, 0) is 26.7 Å². The number of pyridine rings is 1. The van der Waals surface area contributed by atoms with Crippen LogP contribution in [0.1, 0.15) is 48.6 Å². The lowest BCUT2D eigenvalue weighted by molar-refractivity contribution is 0.407. The second-order valence-corrected chi connectivity index (χ2v) is 6.44. The predicted octanol–water partition coefficient (Wildman–Crippen LogP) is 3.90. The maximum atomic E-state index is 8.32. The average Bonchev–Trinajstić information content (AvgIpc) is 2.59. The molecule has 0 saturated carbocycles. The normalized spacial score (nSPS) is 10.7. The van der Waals surface area contributed by atoms with Crippen molar-refractivity contribution in [1.29, 1.82) is 5.41 Å². The van der Waals surface area contributed by atoms with Crippen LogP contribution in [0.3, 0.4) is 0 Å². The van der Waals surface area contributed by atoms with Crippen molar-refractivity contribution in [2.45, 2.75) is 46.6 Å². The first-order valence-electron chi connectivity index (χ1n) is 8.52. The molecule has 2 heterocycles. The Morgan fingerprint density at radius 1 is 1.35 bits per heavy atom. The Hall–Kier alpha value is -2.41. The Morgan fingerprint density at radius 3 is 2.73 bits per heavy atom. The van der Waals surface area contributed by atoms with Gasteiger partial charge in [-0.2, -0.15) is 4.98 Å². The molecule has 0 aliphatic heterocycles. The van der Waals surface area contributed by atoms with E-state index in [1.165, 1.54) is 0 Å². The van der Waals surface area contributed by atoms with Gasteiger partial charge in [0.15, 0.2) is 0 Å². The van der Waals surface area contributed by atoms with E-state index >= 15 is 0 Å². The van der Waals surface area contributed by atoms with Crippen LogP contribution in [0.15, 0.2) is 6.20 Å². The molecule has 0 atom stereocenters. The lowest BCUT2D eigenvalue weighted by atomic mass is 10.1. The number of halogens is 1. The van der Waals surface area contributed by atoms with Crippen molar-refractivity contribution in [2.24, 2.45) is 0 Å². The lowest BCUT2D eigenvalue weighted by Gasteiger charge is -2.16. The molecule has 140 valence electrons. The number of aromatic nitrogens is 3. The van der Waals surface area contributed by atoms with Gasteiger partial charge in [-0.25, -0.2) is 4.98 Å². The first kappa shape index (κ1) is 19.9. The van der Waals surface area contributed by atoms with Crippen LogP contribution in [-0.4, -0.2) is 27.8 Å². The molecule has 0 spiro atoms. The SMILES string of the molecule is CCCCC(=N)c1c(Cl)nc(N)nc1NCc1ncc(C)c(OC)c1C. The fraction of sp³-hybridized carbons (Fsp3) is 0.444. The van der Waals surface area contributed by atoms with Gasteiger partial charge in [0.05, 0.1) is 24.9 Å². The van der Waals surface area contributed by atoms with Crippen LogP contribution in [0.25, 0.3) is 0 Å². The monoisotopic (exact) mass is 376 g/mol. The van der Waals surface area contributed by atoms with Crippen molar-refractivity contribution in [1.82, 2.24) is 15.0 Å². The summed E-state index contributed by atoms with van der Waals surface area (Å²) in [7, 11) is 1.64.